The Morgan fingerprint density at radius 2 is 1.73 bits per heavy atom. The molecule has 0 amide bonds. The lowest BCUT2D eigenvalue weighted by Crippen LogP contribution is -2.31. The molecule has 0 radical (unpaired) electrons. The van der Waals surface area contributed by atoms with E-state index in [0.29, 0.717) is 6.42 Å². The maximum atomic E-state index is 10.8. The average molecular weight is 373 g/mol. The summed E-state index contributed by atoms with van der Waals surface area (Å²) in [6.07, 6.45) is 14.4. The van der Waals surface area contributed by atoms with E-state index in [-0.39, 0.29) is 18.8 Å². The van der Waals surface area contributed by atoms with Crippen LogP contribution in [0.25, 0.3) is 0 Å². The molecule has 154 valence electrons. The van der Waals surface area contributed by atoms with Crippen LogP contribution in [-0.2, 0) is 14.3 Å². The standard InChI is InChI=1S/C21H40O5/c1-2-3-4-5-6-7-8-9-10-13-19(16-18(22)17-20(23)24)26-21-14-11-12-15-25-21/h18-19,21-22H,2-17H2,1H3,(H,23,24)/t18-,19?,21?/m1/s1. The van der Waals surface area contributed by atoms with Gasteiger partial charge in [-0.1, -0.05) is 64.7 Å². The lowest BCUT2D eigenvalue weighted by atomic mass is 10.0. The molecule has 0 spiro atoms. The number of carbonyl (C=O) groups is 1. The molecular formula is C21H40O5. The Morgan fingerprint density at radius 3 is 2.31 bits per heavy atom. The second-order valence-corrected chi connectivity index (χ2v) is 7.66. The number of carboxylic acid groups (broad SMARTS) is 1. The molecule has 5 heteroatoms. The van der Waals surface area contributed by atoms with Crippen molar-refractivity contribution in [2.45, 2.75) is 122 Å². The van der Waals surface area contributed by atoms with E-state index in [1.165, 1.54) is 51.4 Å². The molecule has 1 aliphatic heterocycles. The minimum Gasteiger partial charge on any atom is -0.481 e. The van der Waals surface area contributed by atoms with Crippen molar-refractivity contribution in [1.82, 2.24) is 0 Å². The highest BCUT2D eigenvalue weighted by Gasteiger charge is 2.23. The lowest BCUT2D eigenvalue weighted by molar-refractivity contribution is -0.194. The van der Waals surface area contributed by atoms with Crippen LogP contribution in [0, 0.1) is 0 Å². The molecule has 1 fully saturated rings. The molecule has 1 rings (SSSR count). The Labute approximate surface area is 159 Å². The van der Waals surface area contributed by atoms with Crippen molar-refractivity contribution in [1.29, 1.82) is 0 Å². The first-order valence-corrected chi connectivity index (χ1v) is 10.8. The van der Waals surface area contributed by atoms with Crippen LogP contribution < -0.4 is 0 Å². The van der Waals surface area contributed by atoms with Crippen molar-refractivity contribution in [2.24, 2.45) is 0 Å². The third kappa shape index (κ3) is 12.7. The van der Waals surface area contributed by atoms with Crippen molar-refractivity contribution < 1.29 is 24.5 Å². The number of hydrogen-bond acceptors (Lipinski definition) is 4. The second kappa shape index (κ2) is 15.4. The van der Waals surface area contributed by atoms with E-state index in [9.17, 15) is 9.90 Å². The maximum absolute atomic E-state index is 10.8. The van der Waals surface area contributed by atoms with Gasteiger partial charge in [0.2, 0.25) is 0 Å². The van der Waals surface area contributed by atoms with Crippen LogP contribution in [0.5, 0.6) is 0 Å². The van der Waals surface area contributed by atoms with Gasteiger partial charge in [0.05, 0.1) is 18.6 Å². The van der Waals surface area contributed by atoms with E-state index in [2.05, 4.69) is 6.92 Å². The third-order valence-electron chi connectivity index (χ3n) is 5.06. The van der Waals surface area contributed by atoms with Crippen LogP contribution in [0.2, 0.25) is 0 Å². The molecule has 0 aromatic rings. The van der Waals surface area contributed by atoms with Crippen molar-refractivity contribution in [3.8, 4) is 0 Å². The largest absolute Gasteiger partial charge is 0.481 e. The quantitative estimate of drug-likeness (QED) is 0.371. The van der Waals surface area contributed by atoms with E-state index < -0.39 is 12.1 Å². The number of aliphatic hydroxyl groups excluding tert-OH is 1. The van der Waals surface area contributed by atoms with Gasteiger partial charge < -0.3 is 19.7 Å². The van der Waals surface area contributed by atoms with Gasteiger partial charge in [-0.25, -0.2) is 0 Å². The topological polar surface area (TPSA) is 76.0 Å². The Bertz CT molecular complexity index is 341. The lowest BCUT2D eigenvalue weighted by Gasteiger charge is -2.29. The van der Waals surface area contributed by atoms with Gasteiger partial charge in [-0.2, -0.15) is 0 Å². The number of rotatable bonds is 16. The zero-order valence-electron chi connectivity index (χ0n) is 16.7. The Hall–Kier alpha value is -0.650. The molecule has 1 saturated heterocycles. The van der Waals surface area contributed by atoms with Crippen molar-refractivity contribution in [2.75, 3.05) is 6.61 Å². The van der Waals surface area contributed by atoms with E-state index in [1.807, 2.05) is 0 Å². The summed E-state index contributed by atoms with van der Waals surface area (Å²) in [4.78, 5) is 10.8. The summed E-state index contributed by atoms with van der Waals surface area (Å²) in [6.45, 7) is 2.97. The molecule has 0 saturated carbocycles. The van der Waals surface area contributed by atoms with Gasteiger partial charge in [0, 0.05) is 13.0 Å². The predicted molar refractivity (Wildman–Crippen MR) is 103 cm³/mol. The van der Waals surface area contributed by atoms with Crippen LogP contribution in [0.4, 0.5) is 0 Å². The van der Waals surface area contributed by atoms with Crippen molar-refractivity contribution >= 4 is 5.97 Å². The van der Waals surface area contributed by atoms with Crippen LogP contribution in [-0.4, -0.2) is 41.3 Å². The Morgan fingerprint density at radius 1 is 1.08 bits per heavy atom. The van der Waals surface area contributed by atoms with Gasteiger partial charge in [0.15, 0.2) is 6.29 Å². The summed E-state index contributed by atoms with van der Waals surface area (Å²) in [7, 11) is 0. The summed E-state index contributed by atoms with van der Waals surface area (Å²) >= 11 is 0. The molecule has 0 bridgehead atoms. The van der Waals surface area contributed by atoms with Crippen LogP contribution in [0.3, 0.4) is 0 Å². The number of aliphatic hydroxyl groups is 1. The maximum Gasteiger partial charge on any atom is 0.305 e. The van der Waals surface area contributed by atoms with Gasteiger partial charge >= 0.3 is 5.97 Å². The monoisotopic (exact) mass is 372 g/mol. The van der Waals surface area contributed by atoms with E-state index in [0.717, 1.165) is 38.7 Å². The molecule has 2 N–H and O–H groups in total. The normalized spacial score (nSPS) is 20.0. The molecule has 26 heavy (non-hydrogen) atoms. The molecule has 2 unspecified atom stereocenters. The number of hydrogen-bond donors (Lipinski definition) is 2. The average Bonchev–Trinajstić information content (AvgIpc) is 2.60. The highest BCUT2D eigenvalue weighted by molar-refractivity contribution is 5.67. The number of ether oxygens (including phenoxy) is 2. The van der Waals surface area contributed by atoms with Crippen molar-refractivity contribution in [3.63, 3.8) is 0 Å². The summed E-state index contributed by atoms with van der Waals surface area (Å²) in [5, 5.41) is 18.8. The van der Waals surface area contributed by atoms with Crippen LogP contribution >= 0.6 is 0 Å². The summed E-state index contributed by atoms with van der Waals surface area (Å²) < 4.78 is 11.7. The fourth-order valence-corrected chi connectivity index (χ4v) is 3.55. The molecule has 5 nitrogen and oxygen atoms in total. The molecule has 3 atom stereocenters. The van der Waals surface area contributed by atoms with Crippen molar-refractivity contribution in [3.05, 3.63) is 0 Å². The third-order valence-corrected chi connectivity index (χ3v) is 5.06. The van der Waals surface area contributed by atoms with Gasteiger partial charge in [-0.15, -0.1) is 0 Å². The molecule has 0 aliphatic carbocycles. The fourth-order valence-electron chi connectivity index (χ4n) is 3.55. The Kier molecular flexibility index (Phi) is 13.9. The summed E-state index contributed by atoms with van der Waals surface area (Å²) in [5.41, 5.74) is 0. The number of aliphatic carboxylic acids is 1. The van der Waals surface area contributed by atoms with E-state index in [1.54, 1.807) is 0 Å². The van der Waals surface area contributed by atoms with E-state index >= 15 is 0 Å². The van der Waals surface area contributed by atoms with Gasteiger partial charge in [-0.05, 0) is 25.7 Å². The number of unbranched alkanes of at least 4 members (excludes halogenated alkanes) is 8. The summed E-state index contributed by atoms with van der Waals surface area (Å²) in [6, 6.07) is 0. The molecule has 0 aromatic heterocycles. The van der Waals surface area contributed by atoms with Gasteiger partial charge in [0.25, 0.3) is 0 Å². The summed E-state index contributed by atoms with van der Waals surface area (Å²) in [5.74, 6) is -0.965. The SMILES string of the molecule is CCCCCCCCCCCC(C[C@@H](O)CC(=O)O)OC1CCCCO1. The first kappa shape index (κ1) is 23.4. The van der Waals surface area contributed by atoms with Gasteiger partial charge in [0.1, 0.15) is 0 Å². The zero-order chi connectivity index (χ0) is 19.0. The minimum atomic E-state index is -0.965. The smallest absolute Gasteiger partial charge is 0.305 e. The minimum absolute atomic E-state index is 0.114. The zero-order valence-corrected chi connectivity index (χ0v) is 16.7. The van der Waals surface area contributed by atoms with Crippen LogP contribution in [0.15, 0.2) is 0 Å². The van der Waals surface area contributed by atoms with E-state index in [4.69, 9.17) is 14.6 Å². The van der Waals surface area contributed by atoms with Crippen LogP contribution in [0.1, 0.15) is 103 Å². The Balaban J connectivity index is 2.21. The molecule has 1 aliphatic rings. The highest BCUT2D eigenvalue weighted by atomic mass is 16.7. The predicted octanol–water partition coefficient (Wildman–Crippen LogP) is 5.04. The fraction of sp³-hybridized carbons (Fsp3) is 0.952. The second-order valence-electron chi connectivity index (χ2n) is 7.66. The first-order chi connectivity index (χ1) is 12.6. The first-order valence-electron chi connectivity index (χ1n) is 10.8. The van der Waals surface area contributed by atoms with Gasteiger partial charge in [-0.3, -0.25) is 4.79 Å². The highest BCUT2D eigenvalue weighted by Crippen LogP contribution is 2.21. The molecular weight excluding hydrogens is 332 g/mol. The molecule has 1 heterocycles. The molecule has 0 aromatic carbocycles. The number of carboxylic acids is 1.